The molecule has 5 aliphatic rings. The standard InChI is InChI=1S/C15H20O/c1-9-13(16)2-3-15-7-10-4-11(8-15)6-12(5-10)14(9)15/h2-3,9-12,14H,4-8H2,1H3. The Hall–Kier alpha value is -0.590. The van der Waals surface area contributed by atoms with E-state index in [2.05, 4.69) is 13.0 Å². The third-order valence-corrected chi connectivity index (χ3v) is 6.01. The average molecular weight is 216 g/mol. The van der Waals surface area contributed by atoms with E-state index >= 15 is 0 Å². The van der Waals surface area contributed by atoms with Crippen molar-refractivity contribution in [2.75, 3.05) is 0 Å². The van der Waals surface area contributed by atoms with Gasteiger partial charge in [-0.3, -0.25) is 4.79 Å². The maximum absolute atomic E-state index is 11.9. The predicted molar refractivity (Wildman–Crippen MR) is 62.8 cm³/mol. The van der Waals surface area contributed by atoms with Crippen LogP contribution in [0, 0.1) is 35.0 Å². The van der Waals surface area contributed by atoms with Crippen molar-refractivity contribution in [1.82, 2.24) is 0 Å². The predicted octanol–water partition coefficient (Wildman–Crippen LogP) is 3.20. The first-order chi connectivity index (χ1) is 7.68. The zero-order valence-corrected chi connectivity index (χ0v) is 9.99. The van der Waals surface area contributed by atoms with Gasteiger partial charge in [0.15, 0.2) is 5.78 Å². The summed E-state index contributed by atoms with van der Waals surface area (Å²) in [6.45, 7) is 2.18. The van der Waals surface area contributed by atoms with Crippen LogP contribution in [0.3, 0.4) is 0 Å². The fourth-order valence-electron chi connectivity index (χ4n) is 5.87. The van der Waals surface area contributed by atoms with Crippen LogP contribution < -0.4 is 0 Å². The van der Waals surface area contributed by atoms with Gasteiger partial charge >= 0.3 is 0 Å². The molecule has 0 N–H and O–H groups in total. The molecule has 0 heterocycles. The largest absolute Gasteiger partial charge is 0.295 e. The number of carbonyl (C=O) groups is 1. The molecule has 0 aromatic carbocycles. The number of hydrogen-bond donors (Lipinski definition) is 0. The highest BCUT2D eigenvalue weighted by molar-refractivity contribution is 5.93. The molecule has 1 nitrogen and oxygen atoms in total. The fraction of sp³-hybridized carbons (Fsp3) is 0.800. The van der Waals surface area contributed by atoms with Gasteiger partial charge in [-0.2, -0.15) is 0 Å². The molecule has 4 atom stereocenters. The summed E-state index contributed by atoms with van der Waals surface area (Å²) >= 11 is 0. The minimum Gasteiger partial charge on any atom is -0.295 e. The van der Waals surface area contributed by atoms with Gasteiger partial charge in [0.05, 0.1) is 0 Å². The number of carbonyl (C=O) groups excluding carboxylic acids is 1. The molecule has 4 unspecified atom stereocenters. The summed E-state index contributed by atoms with van der Waals surface area (Å²) in [6.07, 6.45) is 11.3. The molecule has 0 aliphatic heterocycles. The maximum atomic E-state index is 11.9. The molecule has 4 saturated carbocycles. The molecular weight excluding hydrogens is 196 g/mol. The number of ketones is 1. The molecule has 86 valence electrons. The molecular formula is C15H20O. The summed E-state index contributed by atoms with van der Waals surface area (Å²) in [7, 11) is 0. The Morgan fingerprint density at radius 1 is 1.19 bits per heavy atom. The molecule has 0 aromatic heterocycles. The molecule has 0 radical (unpaired) electrons. The van der Waals surface area contributed by atoms with Crippen LogP contribution in [0.4, 0.5) is 0 Å². The number of hydrogen-bond acceptors (Lipinski definition) is 1. The first-order valence-electron chi connectivity index (χ1n) is 6.91. The van der Waals surface area contributed by atoms with Crippen molar-refractivity contribution >= 4 is 5.78 Å². The lowest BCUT2D eigenvalue weighted by atomic mass is 9.42. The summed E-state index contributed by atoms with van der Waals surface area (Å²) in [6, 6.07) is 0. The Morgan fingerprint density at radius 2 is 1.88 bits per heavy atom. The Bertz CT molecular complexity index is 367. The van der Waals surface area contributed by atoms with Crippen LogP contribution in [0.1, 0.15) is 39.0 Å². The normalized spacial score (nSPS) is 57.8. The molecule has 4 bridgehead atoms. The van der Waals surface area contributed by atoms with Gasteiger partial charge in [-0.15, -0.1) is 0 Å². The van der Waals surface area contributed by atoms with Gasteiger partial charge in [0.25, 0.3) is 0 Å². The van der Waals surface area contributed by atoms with E-state index in [0.717, 1.165) is 17.8 Å². The Kier molecular flexibility index (Phi) is 1.65. The smallest absolute Gasteiger partial charge is 0.158 e. The van der Waals surface area contributed by atoms with Gasteiger partial charge in [-0.25, -0.2) is 0 Å². The maximum Gasteiger partial charge on any atom is 0.158 e. The minimum absolute atomic E-state index is 0.301. The van der Waals surface area contributed by atoms with Crippen molar-refractivity contribution < 1.29 is 4.79 Å². The van der Waals surface area contributed by atoms with E-state index < -0.39 is 0 Å². The third kappa shape index (κ3) is 1.00. The van der Waals surface area contributed by atoms with Crippen molar-refractivity contribution in [2.24, 2.45) is 35.0 Å². The first-order valence-corrected chi connectivity index (χ1v) is 6.91. The van der Waals surface area contributed by atoms with Crippen LogP contribution in [0.25, 0.3) is 0 Å². The minimum atomic E-state index is 0.301. The van der Waals surface area contributed by atoms with Crippen LogP contribution in [0.2, 0.25) is 0 Å². The second-order valence-corrected chi connectivity index (χ2v) is 6.89. The molecule has 5 rings (SSSR count). The zero-order valence-electron chi connectivity index (χ0n) is 9.99. The van der Waals surface area contributed by atoms with Crippen molar-refractivity contribution in [3.05, 3.63) is 12.2 Å². The molecule has 1 spiro atoms. The van der Waals surface area contributed by atoms with Gasteiger partial charge < -0.3 is 0 Å². The Balaban J connectivity index is 1.83. The van der Waals surface area contributed by atoms with E-state index in [9.17, 15) is 4.79 Å². The quantitative estimate of drug-likeness (QED) is 0.607. The van der Waals surface area contributed by atoms with E-state index in [1.165, 1.54) is 32.1 Å². The zero-order chi connectivity index (χ0) is 10.9. The highest BCUT2D eigenvalue weighted by Gasteiger charge is 2.58. The number of rotatable bonds is 0. The van der Waals surface area contributed by atoms with Crippen LogP contribution in [0.5, 0.6) is 0 Å². The van der Waals surface area contributed by atoms with Crippen molar-refractivity contribution in [3.8, 4) is 0 Å². The molecule has 4 fully saturated rings. The van der Waals surface area contributed by atoms with Gasteiger partial charge in [0, 0.05) is 5.92 Å². The molecule has 0 saturated heterocycles. The van der Waals surface area contributed by atoms with Crippen LogP contribution in [-0.2, 0) is 4.79 Å². The molecule has 5 aliphatic carbocycles. The molecule has 0 aromatic rings. The van der Waals surface area contributed by atoms with E-state index in [1.807, 2.05) is 6.08 Å². The SMILES string of the molecule is CC1C(=O)C=CC23CC4CC(CC(C4)C12)C3. The van der Waals surface area contributed by atoms with Gasteiger partial charge in [0.2, 0.25) is 0 Å². The monoisotopic (exact) mass is 216 g/mol. The Morgan fingerprint density at radius 3 is 2.56 bits per heavy atom. The van der Waals surface area contributed by atoms with Crippen LogP contribution in [-0.4, -0.2) is 5.78 Å². The van der Waals surface area contributed by atoms with Crippen molar-refractivity contribution in [3.63, 3.8) is 0 Å². The van der Waals surface area contributed by atoms with E-state index in [1.54, 1.807) is 0 Å². The van der Waals surface area contributed by atoms with Crippen molar-refractivity contribution in [1.29, 1.82) is 0 Å². The molecule has 0 amide bonds. The van der Waals surface area contributed by atoms with Crippen molar-refractivity contribution in [2.45, 2.75) is 39.0 Å². The second-order valence-electron chi connectivity index (χ2n) is 6.89. The van der Waals surface area contributed by atoms with E-state index in [0.29, 0.717) is 23.0 Å². The number of allylic oxidation sites excluding steroid dienone is 2. The summed E-state index contributed by atoms with van der Waals surface area (Å²) in [5.41, 5.74) is 0.447. The fourth-order valence-corrected chi connectivity index (χ4v) is 5.87. The third-order valence-electron chi connectivity index (χ3n) is 6.01. The van der Waals surface area contributed by atoms with Gasteiger partial charge in [-0.05, 0) is 67.3 Å². The van der Waals surface area contributed by atoms with Gasteiger partial charge in [-0.1, -0.05) is 13.0 Å². The topological polar surface area (TPSA) is 17.1 Å². The molecule has 1 heteroatoms. The van der Waals surface area contributed by atoms with Gasteiger partial charge in [0.1, 0.15) is 0 Å². The molecule has 16 heavy (non-hydrogen) atoms. The second kappa shape index (κ2) is 2.80. The highest BCUT2D eigenvalue weighted by atomic mass is 16.1. The van der Waals surface area contributed by atoms with Crippen LogP contribution in [0.15, 0.2) is 12.2 Å². The summed E-state index contributed by atoms with van der Waals surface area (Å²) in [5, 5.41) is 0. The highest BCUT2D eigenvalue weighted by Crippen LogP contribution is 2.66. The van der Waals surface area contributed by atoms with E-state index in [-0.39, 0.29) is 0 Å². The Labute approximate surface area is 97.3 Å². The van der Waals surface area contributed by atoms with Crippen LogP contribution >= 0.6 is 0 Å². The lowest BCUT2D eigenvalue weighted by Gasteiger charge is -2.62. The van der Waals surface area contributed by atoms with E-state index in [4.69, 9.17) is 0 Å². The summed E-state index contributed by atoms with van der Waals surface area (Å²) in [5.74, 6) is 4.23. The lowest BCUT2D eigenvalue weighted by Crippen LogP contribution is -2.56. The first kappa shape index (κ1) is 9.44. The lowest BCUT2D eigenvalue weighted by molar-refractivity contribution is -0.138. The summed E-state index contributed by atoms with van der Waals surface area (Å²) in [4.78, 5) is 11.9. The average Bonchev–Trinajstić information content (AvgIpc) is 2.22. The summed E-state index contributed by atoms with van der Waals surface area (Å²) < 4.78 is 0.